The monoisotopic (exact) mass is 679 g/mol. The quantitative estimate of drug-likeness (QED) is 0.412. The Balaban J connectivity index is 1.91. The summed E-state index contributed by atoms with van der Waals surface area (Å²) in [5.74, 6) is -0.0354. The summed E-state index contributed by atoms with van der Waals surface area (Å²) in [5, 5.41) is 23.3. The average Bonchev–Trinajstić information content (AvgIpc) is 3.03. The van der Waals surface area contributed by atoms with Gasteiger partial charge in [0.25, 0.3) is 0 Å². The van der Waals surface area contributed by atoms with E-state index in [-0.39, 0.29) is 24.7 Å². The SMILES string of the molecule is COc1ccc(CN2CCCN(C)C[C@H](C)C[C@@](C)(OC)[C@H](O[C@@H]3O[C@H](C)C[C@H](N(C)C)[C@H]3O)[C@@H](C)C(O)C(C)(C)C(=O)OCC2)cc1. The molecule has 1 aromatic carbocycles. The number of hydrogen-bond acceptors (Lipinski definition) is 11. The van der Waals surface area contributed by atoms with Crippen LogP contribution in [0.5, 0.6) is 5.75 Å². The lowest BCUT2D eigenvalue weighted by molar-refractivity contribution is -0.302. The number of aliphatic hydroxyl groups excluding tert-OH is 2. The second-order valence-electron chi connectivity index (χ2n) is 15.4. The van der Waals surface area contributed by atoms with Gasteiger partial charge in [0.1, 0.15) is 18.5 Å². The van der Waals surface area contributed by atoms with Gasteiger partial charge in [-0.2, -0.15) is 0 Å². The number of nitrogens with zero attached hydrogens (tertiary/aromatic N) is 3. The van der Waals surface area contributed by atoms with Gasteiger partial charge in [0.15, 0.2) is 6.29 Å². The predicted octanol–water partition coefficient (Wildman–Crippen LogP) is 3.64. The van der Waals surface area contributed by atoms with Crippen molar-refractivity contribution in [3.05, 3.63) is 29.8 Å². The van der Waals surface area contributed by atoms with Crippen LogP contribution in [0, 0.1) is 17.3 Å². The molecule has 0 aromatic heterocycles. The fourth-order valence-corrected chi connectivity index (χ4v) is 7.54. The van der Waals surface area contributed by atoms with Gasteiger partial charge in [0, 0.05) is 38.7 Å². The minimum atomic E-state index is -1.25. The molecule has 2 aliphatic rings. The number of aliphatic hydroxyl groups is 2. The number of carbonyl (C=O) groups is 1. The molecule has 0 radical (unpaired) electrons. The third-order valence-corrected chi connectivity index (χ3v) is 10.5. The van der Waals surface area contributed by atoms with Gasteiger partial charge < -0.3 is 43.7 Å². The van der Waals surface area contributed by atoms with E-state index in [0.29, 0.717) is 19.4 Å². The van der Waals surface area contributed by atoms with Gasteiger partial charge in [-0.05, 0) is 105 Å². The lowest BCUT2D eigenvalue weighted by atomic mass is 9.73. The summed E-state index contributed by atoms with van der Waals surface area (Å²) in [6.45, 7) is 15.6. The van der Waals surface area contributed by atoms with Gasteiger partial charge in [-0.3, -0.25) is 9.69 Å². The van der Waals surface area contributed by atoms with Crippen LogP contribution in [0.15, 0.2) is 24.3 Å². The zero-order valence-electron chi connectivity index (χ0n) is 31.5. The lowest BCUT2D eigenvalue weighted by Crippen LogP contribution is -2.60. The zero-order chi connectivity index (χ0) is 35.8. The Labute approximate surface area is 289 Å². The van der Waals surface area contributed by atoms with Crippen LogP contribution in [0.25, 0.3) is 0 Å². The van der Waals surface area contributed by atoms with Gasteiger partial charge in [-0.1, -0.05) is 26.0 Å². The molecule has 48 heavy (non-hydrogen) atoms. The molecule has 0 saturated carbocycles. The number of ether oxygens (including phenoxy) is 5. The molecule has 1 unspecified atom stereocenters. The maximum Gasteiger partial charge on any atom is 0.314 e. The first kappa shape index (κ1) is 40.6. The minimum Gasteiger partial charge on any atom is -0.497 e. The molecule has 0 aliphatic carbocycles. The average molecular weight is 680 g/mol. The molecule has 3 rings (SSSR count). The van der Waals surface area contributed by atoms with Crippen molar-refractivity contribution >= 4 is 5.97 Å². The number of methoxy groups -OCH3 is 2. The summed E-state index contributed by atoms with van der Waals surface area (Å²) in [6.07, 6.45) is -1.61. The van der Waals surface area contributed by atoms with Gasteiger partial charge in [0.2, 0.25) is 0 Å². The number of rotatable bonds is 7. The normalized spacial score (nSPS) is 35.6. The van der Waals surface area contributed by atoms with E-state index in [9.17, 15) is 15.0 Å². The largest absolute Gasteiger partial charge is 0.497 e. The Morgan fingerprint density at radius 2 is 1.69 bits per heavy atom. The summed E-state index contributed by atoms with van der Waals surface area (Å²) in [7, 11) is 9.34. The van der Waals surface area contributed by atoms with Crippen molar-refractivity contribution in [3.8, 4) is 5.75 Å². The minimum absolute atomic E-state index is 0.141. The summed E-state index contributed by atoms with van der Waals surface area (Å²) in [6, 6.07) is 7.88. The van der Waals surface area contributed by atoms with E-state index >= 15 is 0 Å². The number of hydrogen-bond donors (Lipinski definition) is 2. The molecule has 276 valence electrons. The van der Waals surface area contributed by atoms with Crippen LogP contribution in [0.1, 0.15) is 66.4 Å². The highest BCUT2D eigenvalue weighted by Gasteiger charge is 2.51. The molecule has 0 bridgehead atoms. The van der Waals surface area contributed by atoms with Gasteiger partial charge in [-0.15, -0.1) is 0 Å². The van der Waals surface area contributed by atoms with Crippen molar-refractivity contribution < 1.29 is 38.7 Å². The topological polar surface area (TPSA) is 113 Å². The van der Waals surface area contributed by atoms with Crippen molar-refractivity contribution in [1.82, 2.24) is 14.7 Å². The van der Waals surface area contributed by atoms with Gasteiger partial charge in [-0.25, -0.2) is 0 Å². The molecule has 2 N–H and O–H groups in total. The third kappa shape index (κ3) is 10.6. The lowest BCUT2D eigenvalue weighted by Gasteiger charge is -2.48. The highest BCUT2D eigenvalue weighted by molar-refractivity contribution is 5.76. The van der Waals surface area contributed by atoms with Crippen molar-refractivity contribution in [1.29, 1.82) is 0 Å². The number of benzene rings is 1. The molecule has 0 amide bonds. The number of carbonyl (C=O) groups excluding carboxylic acids is 1. The fourth-order valence-electron chi connectivity index (χ4n) is 7.54. The second-order valence-corrected chi connectivity index (χ2v) is 15.4. The van der Waals surface area contributed by atoms with Crippen molar-refractivity contribution in [3.63, 3.8) is 0 Å². The first-order valence-corrected chi connectivity index (χ1v) is 17.6. The standard InChI is InChI=1S/C37H65N3O8/c1-25-22-37(6,45-11)33(48-34-31(41)30(38(7)8)21-26(2)47-34)27(3)32(42)36(4,5)35(43)46-20-19-40(18-12-17-39(9)23-25)24-28-13-15-29(44-10)16-14-28/h13-16,25-27,30-34,41-42H,12,17-24H2,1-11H3/t25-,26-,27+,30+,31-,32?,33-,34+,37-/m1/s1. The molecule has 9 atom stereocenters. The summed E-state index contributed by atoms with van der Waals surface area (Å²) >= 11 is 0. The van der Waals surface area contributed by atoms with Gasteiger partial charge >= 0.3 is 5.97 Å². The van der Waals surface area contributed by atoms with E-state index in [0.717, 1.165) is 43.9 Å². The van der Waals surface area contributed by atoms with Crippen molar-refractivity contribution in [2.75, 3.05) is 68.1 Å². The van der Waals surface area contributed by atoms with Crippen LogP contribution in [-0.4, -0.2) is 141 Å². The predicted molar refractivity (Wildman–Crippen MR) is 187 cm³/mol. The van der Waals surface area contributed by atoms with E-state index in [1.54, 1.807) is 28.1 Å². The van der Waals surface area contributed by atoms with E-state index < -0.39 is 47.5 Å². The molecule has 2 fully saturated rings. The fraction of sp³-hybridized carbons (Fsp3) is 0.811. The Bertz CT molecular complexity index is 1120. The Hall–Kier alpha value is -1.83. The Morgan fingerprint density at radius 3 is 2.29 bits per heavy atom. The van der Waals surface area contributed by atoms with Crippen LogP contribution in [0.4, 0.5) is 0 Å². The third-order valence-electron chi connectivity index (χ3n) is 10.5. The number of esters is 1. The molecule has 11 heteroatoms. The second kappa shape index (κ2) is 17.9. The first-order chi connectivity index (χ1) is 22.5. The Kier molecular flexibility index (Phi) is 15.1. The molecule has 2 saturated heterocycles. The molecule has 0 spiro atoms. The highest BCUT2D eigenvalue weighted by atomic mass is 16.7. The smallest absolute Gasteiger partial charge is 0.314 e. The summed E-state index contributed by atoms with van der Waals surface area (Å²) < 4.78 is 30.4. The van der Waals surface area contributed by atoms with E-state index in [4.69, 9.17) is 23.7 Å². The maximum absolute atomic E-state index is 13.6. The van der Waals surface area contributed by atoms with Crippen molar-refractivity contribution in [2.24, 2.45) is 17.3 Å². The molecule has 2 heterocycles. The Morgan fingerprint density at radius 1 is 1.02 bits per heavy atom. The number of cyclic esters (lactones) is 1. The highest BCUT2D eigenvalue weighted by Crippen LogP contribution is 2.39. The van der Waals surface area contributed by atoms with Crippen LogP contribution < -0.4 is 4.74 Å². The first-order valence-electron chi connectivity index (χ1n) is 17.6. The van der Waals surface area contributed by atoms with E-state index in [1.807, 2.05) is 51.9 Å². The zero-order valence-corrected chi connectivity index (χ0v) is 31.5. The number of likely N-dealkylation sites (N-methyl/N-ethyl adjacent to an activating group) is 1. The molecule has 1 aromatic rings. The molecule has 11 nitrogen and oxygen atoms in total. The van der Waals surface area contributed by atoms with Crippen LogP contribution in [-0.2, 0) is 30.3 Å². The molecular formula is C37H65N3O8. The molecular weight excluding hydrogens is 614 g/mol. The summed E-state index contributed by atoms with van der Waals surface area (Å²) in [5.41, 5.74) is -0.967. The van der Waals surface area contributed by atoms with Crippen LogP contribution in [0.2, 0.25) is 0 Å². The van der Waals surface area contributed by atoms with Crippen LogP contribution in [0.3, 0.4) is 0 Å². The van der Waals surface area contributed by atoms with Gasteiger partial charge in [0.05, 0.1) is 36.4 Å². The van der Waals surface area contributed by atoms with Crippen LogP contribution >= 0.6 is 0 Å². The van der Waals surface area contributed by atoms with Crippen molar-refractivity contribution in [2.45, 2.75) is 110 Å². The summed E-state index contributed by atoms with van der Waals surface area (Å²) in [4.78, 5) is 20.3. The molecule has 2 aliphatic heterocycles. The van der Waals surface area contributed by atoms with E-state index in [2.05, 4.69) is 35.9 Å². The maximum atomic E-state index is 13.6. The van der Waals surface area contributed by atoms with E-state index in [1.165, 1.54) is 0 Å².